The first kappa shape index (κ1) is 51.0. The molecule has 4 N–H and O–H groups in total. The third-order valence-corrected chi connectivity index (χ3v) is 25.3. The molecule has 1 aliphatic heterocycles. The number of hydrogen-bond acceptors (Lipinski definition) is 8. The monoisotopic (exact) mass is 964 g/mol. The van der Waals surface area contributed by atoms with Gasteiger partial charge in [0, 0.05) is 0 Å². The molecule has 5 aliphatic carbocycles. The molecule has 5 saturated carbocycles. The summed E-state index contributed by atoms with van der Waals surface area (Å²) in [7, 11) is -1.87. The Balaban J connectivity index is 0.859. The predicted molar refractivity (Wildman–Crippen MR) is 277 cm³/mol. The maximum atomic E-state index is 14.9. The van der Waals surface area contributed by atoms with E-state index < -0.39 is 50.0 Å². The smallest absolute Gasteiger partial charge is 0.312 e. The molecule has 376 valence electrons. The van der Waals surface area contributed by atoms with E-state index in [4.69, 9.17) is 14.2 Å². The van der Waals surface area contributed by atoms with Gasteiger partial charge in [-0.3, -0.25) is 4.79 Å². The standard InChI is InChI=1S/C60H84O8P/c1-40(2)44-29-34-60(55(65)66-37-19-8-9-20-38-69(41-21-13-10-14-22-41,42-23-15-11-16-24-42)43-25-17-12-18-26-43)36-35-58(6)45(50(44)60)27-28-48-57(5)32-31-49(56(3,4)47(57)30-33-59(48,58)7)68-54-53(64)52(63)51(62)46(39-61)67-54/h10-18,21-26,44-54,61-64H,1,8-9,19-20,27-39H2,2-7H3/q+1/t44-,45+,46+,47-,48+,49-,50+,51+,52-,53+,54-,57-,58+,59+,60-/m0/s1. The molecule has 1 heterocycles. The van der Waals surface area contributed by atoms with Gasteiger partial charge in [-0.15, -0.1) is 0 Å². The Bertz CT molecular complexity index is 2140. The van der Waals surface area contributed by atoms with Crippen LogP contribution in [0.1, 0.15) is 131 Å². The normalized spacial score (nSPS) is 39.3. The number of esters is 1. The van der Waals surface area contributed by atoms with E-state index in [2.05, 4.69) is 139 Å². The molecule has 0 unspecified atom stereocenters. The van der Waals surface area contributed by atoms with Crippen LogP contribution < -0.4 is 15.9 Å². The zero-order valence-corrected chi connectivity index (χ0v) is 43.5. The number of carbonyl (C=O) groups excluding carboxylic acids is 1. The Hall–Kier alpha value is -2.94. The molecule has 0 spiro atoms. The SMILES string of the molecule is C=C(C)[C@@H]1CC[C@]2(C(=O)OCCCCCC[P+](c3ccccc3)(c3ccccc3)c3ccccc3)CC[C@]3(C)[C@H](CC[C@@H]4[C@@]5(C)CC[C@H](O[C@@H]6O[C@H](CO)[C@@H](O)[C@H](O)[C@H]6O)C(C)(C)[C@@H]5CC[C@]43C)[C@@H]12. The van der Waals surface area contributed by atoms with Crippen LogP contribution in [0, 0.1) is 56.7 Å². The van der Waals surface area contributed by atoms with Crippen LogP contribution in [0.2, 0.25) is 0 Å². The Kier molecular flexibility index (Phi) is 14.6. The lowest BCUT2D eigenvalue weighted by atomic mass is 9.32. The van der Waals surface area contributed by atoms with Crippen LogP contribution in [0.5, 0.6) is 0 Å². The van der Waals surface area contributed by atoms with E-state index >= 15 is 0 Å². The van der Waals surface area contributed by atoms with E-state index in [9.17, 15) is 25.2 Å². The molecule has 69 heavy (non-hydrogen) atoms. The van der Waals surface area contributed by atoms with Gasteiger partial charge in [0.15, 0.2) is 6.29 Å². The van der Waals surface area contributed by atoms with Crippen LogP contribution in [0.15, 0.2) is 103 Å². The molecular formula is C60H84O8P+. The van der Waals surface area contributed by atoms with Gasteiger partial charge < -0.3 is 34.6 Å². The summed E-state index contributed by atoms with van der Waals surface area (Å²) in [5.74, 6) is 1.94. The van der Waals surface area contributed by atoms with Crippen LogP contribution in [0.3, 0.4) is 0 Å². The fourth-order valence-electron chi connectivity index (χ4n) is 17.1. The molecule has 9 rings (SSSR count). The lowest BCUT2D eigenvalue weighted by molar-refractivity contribution is -0.331. The molecule has 9 heteroatoms. The van der Waals surface area contributed by atoms with Crippen molar-refractivity contribution in [1.82, 2.24) is 0 Å². The molecular weight excluding hydrogens is 880 g/mol. The van der Waals surface area contributed by atoms with Crippen molar-refractivity contribution >= 4 is 29.1 Å². The number of benzene rings is 3. The summed E-state index contributed by atoms with van der Waals surface area (Å²) in [5.41, 5.74) is 0.770. The summed E-state index contributed by atoms with van der Waals surface area (Å²) in [4.78, 5) is 14.9. The summed E-state index contributed by atoms with van der Waals surface area (Å²) >= 11 is 0. The third kappa shape index (κ3) is 8.44. The van der Waals surface area contributed by atoms with Crippen LogP contribution in [-0.2, 0) is 19.0 Å². The van der Waals surface area contributed by atoms with Crippen LogP contribution in [0.25, 0.3) is 0 Å². The molecule has 6 aliphatic rings. The molecule has 6 fully saturated rings. The van der Waals surface area contributed by atoms with Crippen molar-refractivity contribution in [3.63, 3.8) is 0 Å². The fraction of sp³-hybridized carbons (Fsp3) is 0.650. The second-order valence-electron chi connectivity index (χ2n) is 24.1. The minimum absolute atomic E-state index is 0.0582. The lowest BCUT2D eigenvalue weighted by Gasteiger charge is -2.73. The molecule has 3 aromatic rings. The second kappa shape index (κ2) is 19.8. The van der Waals surface area contributed by atoms with E-state index in [1.54, 1.807) is 0 Å². The first-order valence-corrected chi connectivity index (χ1v) is 28.8. The minimum Gasteiger partial charge on any atom is -0.465 e. The zero-order valence-electron chi connectivity index (χ0n) is 42.6. The number of unbranched alkanes of at least 4 members (excludes halogenated alkanes) is 3. The largest absolute Gasteiger partial charge is 0.465 e. The average molecular weight is 964 g/mol. The summed E-state index contributed by atoms with van der Waals surface area (Å²) in [6, 6.07) is 33.4. The highest BCUT2D eigenvalue weighted by Crippen LogP contribution is 2.78. The van der Waals surface area contributed by atoms with E-state index in [1.807, 2.05) is 0 Å². The number of ether oxygens (including phenoxy) is 3. The predicted octanol–water partition coefficient (Wildman–Crippen LogP) is 9.93. The summed E-state index contributed by atoms with van der Waals surface area (Å²) in [5, 5.41) is 46.1. The molecule has 8 nitrogen and oxygen atoms in total. The number of allylic oxidation sites excluding steroid dienone is 1. The fourth-order valence-corrected chi connectivity index (χ4v) is 21.5. The van der Waals surface area contributed by atoms with Gasteiger partial charge in [0.1, 0.15) is 47.6 Å². The van der Waals surface area contributed by atoms with Gasteiger partial charge in [-0.05, 0) is 184 Å². The van der Waals surface area contributed by atoms with Gasteiger partial charge in [-0.25, -0.2) is 0 Å². The number of aliphatic hydroxyl groups is 4. The van der Waals surface area contributed by atoms with Gasteiger partial charge >= 0.3 is 5.97 Å². The topological polar surface area (TPSA) is 126 Å². The summed E-state index contributed by atoms with van der Waals surface area (Å²) in [6.45, 7) is 19.2. The quantitative estimate of drug-likeness (QED) is 0.0390. The number of aliphatic hydroxyl groups excluding tert-OH is 4. The Morgan fingerprint density at radius 2 is 1.29 bits per heavy atom. The highest BCUT2D eigenvalue weighted by Gasteiger charge is 2.72. The minimum atomic E-state index is -1.87. The van der Waals surface area contributed by atoms with Crippen molar-refractivity contribution < 1.29 is 39.4 Å². The van der Waals surface area contributed by atoms with Crippen molar-refractivity contribution in [3.05, 3.63) is 103 Å². The Morgan fingerprint density at radius 3 is 1.88 bits per heavy atom. The van der Waals surface area contributed by atoms with Gasteiger partial charge in [-0.1, -0.05) is 101 Å². The Morgan fingerprint density at radius 1 is 0.681 bits per heavy atom. The van der Waals surface area contributed by atoms with Crippen molar-refractivity contribution in [2.24, 2.45) is 56.7 Å². The second-order valence-corrected chi connectivity index (χ2v) is 27.7. The third-order valence-electron chi connectivity index (χ3n) is 20.8. The molecule has 15 atom stereocenters. The molecule has 0 amide bonds. The first-order valence-electron chi connectivity index (χ1n) is 26.8. The highest BCUT2D eigenvalue weighted by molar-refractivity contribution is 7.95. The summed E-state index contributed by atoms with van der Waals surface area (Å²) < 4.78 is 18.9. The number of hydrogen-bond donors (Lipinski definition) is 4. The maximum absolute atomic E-state index is 14.9. The molecule has 3 aromatic carbocycles. The van der Waals surface area contributed by atoms with E-state index in [1.165, 1.54) is 21.5 Å². The summed E-state index contributed by atoms with van der Waals surface area (Å²) in [6.07, 6.45) is 8.71. The number of rotatable bonds is 15. The molecule has 0 radical (unpaired) electrons. The van der Waals surface area contributed by atoms with E-state index in [0.717, 1.165) is 96.1 Å². The van der Waals surface area contributed by atoms with Crippen LogP contribution in [0.4, 0.5) is 0 Å². The first-order chi connectivity index (χ1) is 33.0. The van der Waals surface area contributed by atoms with E-state index in [-0.39, 0.29) is 39.7 Å². The van der Waals surface area contributed by atoms with Crippen LogP contribution in [-0.4, -0.2) is 82.6 Å². The average Bonchev–Trinajstić information content (AvgIpc) is 3.76. The highest BCUT2D eigenvalue weighted by atomic mass is 31.2. The van der Waals surface area contributed by atoms with Crippen molar-refractivity contribution in [1.29, 1.82) is 0 Å². The zero-order chi connectivity index (χ0) is 49.0. The number of fused-ring (bicyclic) bond motifs is 7. The van der Waals surface area contributed by atoms with Crippen molar-refractivity contribution in [2.75, 3.05) is 19.4 Å². The van der Waals surface area contributed by atoms with Gasteiger partial charge in [0.25, 0.3) is 0 Å². The van der Waals surface area contributed by atoms with E-state index in [0.29, 0.717) is 30.3 Å². The Labute approximate surface area is 414 Å². The van der Waals surface area contributed by atoms with Gasteiger partial charge in [0.05, 0.1) is 30.9 Å². The van der Waals surface area contributed by atoms with Crippen molar-refractivity contribution in [2.45, 2.75) is 168 Å². The maximum Gasteiger partial charge on any atom is 0.312 e. The molecule has 0 bridgehead atoms. The molecule has 1 saturated heterocycles. The van der Waals surface area contributed by atoms with Crippen molar-refractivity contribution in [3.8, 4) is 0 Å². The molecule has 0 aromatic heterocycles. The lowest BCUT2D eigenvalue weighted by Crippen LogP contribution is -2.67. The number of carbonyl (C=O) groups is 1. The van der Waals surface area contributed by atoms with Crippen LogP contribution >= 0.6 is 7.26 Å². The van der Waals surface area contributed by atoms with Gasteiger partial charge in [0.2, 0.25) is 0 Å². The van der Waals surface area contributed by atoms with Gasteiger partial charge in [-0.2, -0.15) is 0 Å².